The Hall–Kier alpha value is -1.30. The number of piperidine rings is 1. The van der Waals surface area contributed by atoms with Crippen LogP contribution in [0.3, 0.4) is 0 Å². The standard InChI is InChI=1S/C17H28N4OS/c1-12(2)20(5)17(22)14-8-10-21(11-9-14)15-6-7-16(19-18-15)23-13(3)4/h6-7,12-14H,8-11H2,1-5H3. The highest BCUT2D eigenvalue weighted by atomic mass is 32.2. The third kappa shape index (κ3) is 4.83. The van der Waals surface area contributed by atoms with Crippen LogP contribution in [0.1, 0.15) is 40.5 Å². The van der Waals surface area contributed by atoms with E-state index in [1.54, 1.807) is 11.8 Å². The largest absolute Gasteiger partial charge is 0.355 e. The summed E-state index contributed by atoms with van der Waals surface area (Å²) >= 11 is 1.72. The quantitative estimate of drug-likeness (QED) is 0.774. The molecule has 1 aliphatic rings. The van der Waals surface area contributed by atoms with E-state index in [1.807, 2.05) is 24.1 Å². The molecule has 0 bridgehead atoms. The summed E-state index contributed by atoms with van der Waals surface area (Å²) in [6.07, 6.45) is 1.78. The highest BCUT2D eigenvalue weighted by Crippen LogP contribution is 2.25. The van der Waals surface area contributed by atoms with E-state index in [1.165, 1.54) is 0 Å². The highest BCUT2D eigenvalue weighted by Gasteiger charge is 2.28. The van der Waals surface area contributed by atoms with E-state index in [0.29, 0.717) is 5.25 Å². The van der Waals surface area contributed by atoms with Crippen LogP contribution in [-0.2, 0) is 4.79 Å². The summed E-state index contributed by atoms with van der Waals surface area (Å²) in [5, 5.41) is 10.1. The molecule has 0 unspecified atom stereocenters. The van der Waals surface area contributed by atoms with Crippen molar-refractivity contribution in [3.8, 4) is 0 Å². The maximum absolute atomic E-state index is 12.4. The lowest BCUT2D eigenvalue weighted by molar-refractivity contribution is -0.136. The smallest absolute Gasteiger partial charge is 0.225 e. The maximum atomic E-state index is 12.4. The number of nitrogens with zero attached hydrogens (tertiary/aromatic N) is 4. The van der Waals surface area contributed by atoms with Gasteiger partial charge in [0.15, 0.2) is 5.82 Å². The lowest BCUT2D eigenvalue weighted by atomic mass is 9.95. The Morgan fingerprint density at radius 3 is 2.35 bits per heavy atom. The molecule has 1 saturated heterocycles. The van der Waals surface area contributed by atoms with Crippen LogP contribution in [0, 0.1) is 5.92 Å². The zero-order valence-corrected chi connectivity index (χ0v) is 15.6. The van der Waals surface area contributed by atoms with Gasteiger partial charge in [0.1, 0.15) is 5.03 Å². The molecule has 0 aromatic carbocycles. The lowest BCUT2D eigenvalue weighted by Gasteiger charge is -2.34. The van der Waals surface area contributed by atoms with Crippen molar-refractivity contribution in [1.29, 1.82) is 0 Å². The molecule has 0 atom stereocenters. The molecular formula is C17H28N4OS. The van der Waals surface area contributed by atoms with Crippen LogP contribution in [0.25, 0.3) is 0 Å². The van der Waals surface area contributed by atoms with Crippen LogP contribution >= 0.6 is 11.8 Å². The molecule has 1 aliphatic heterocycles. The number of carbonyl (C=O) groups is 1. The summed E-state index contributed by atoms with van der Waals surface area (Å²) in [5.74, 6) is 1.33. The molecule has 0 radical (unpaired) electrons. The van der Waals surface area contributed by atoms with Crippen molar-refractivity contribution in [3.05, 3.63) is 12.1 Å². The number of carbonyl (C=O) groups excluding carboxylic acids is 1. The Morgan fingerprint density at radius 2 is 1.87 bits per heavy atom. The van der Waals surface area contributed by atoms with E-state index < -0.39 is 0 Å². The molecule has 0 N–H and O–H groups in total. The fourth-order valence-electron chi connectivity index (χ4n) is 2.68. The summed E-state index contributed by atoms with van der Waals surface area (Å²) in [4.78, 5) is 16.5. The highest BCUT2D eigenvalue weighted by molar-refractivity contribution is 7.99. The normalized spacial score (nSPS) is 16.2. The molecule has 5 nitrogen and oxygen atoms in total. The SMILES string of the molecule is CC(C)Sc1ccc(N2CCC(C(=O)N(C)C(C)C)CC2)nn1. The second kappa shape index (κ2) is 7.99. The van der Waals surface area contributed by atoms with Gasteiger partial charge in [-0.05, 0) is 38.8 Å². The monoisotopic (exact) mass is 336 g/mol. The Kier molecular flexibility index (Phi) is 6.27. The molecule has 1 fully saturated rings. The van der Waals surface area contributed by atoms with E-state index in [-0.39, 0.29) is 17.9 Å². The minimum atomic E-state index is 0.141. The molecule has 1 aromatic heterocycles. The van der Waals surface area contributed by atoms with Gasteiger partial charge in [-0.1, -0.05) is 13.8 Å². The first kappa shape index (κ1) is 18.0. The molecule has 23 heavy (non-hydrogen) atoms. The van der Waals surface area contributed by atoms with Crippen LogP contribution in [0.5, 0.6) is 0 Å². The zero-order chi connectivity index (χ0) is 17.0. The third-order valence-corrected chi connectivity index (χ3v) is 5.20. The summed E-state index contributed by atoms with van der Waals surface area (Å²) in [7, 11) is 1.90. The predicted octanol–water partition coefficient (Wildman–Crippen LogP) is 3.06. The summed E-state index contributed by atoms with van der Waals surface area (Å²) < 4.78 is 0. The minimum absolute atomic E-state index is 0.141. The van der Waals surface area contributed by atoms with Crippen LogP contribution < -0.4 is 4.90 Å². The first-order valence-electron chi connectivity index (χ1n) is 8.40. The van der Waals surface area contributed by atoms with Gasteiger partial charge in [-0.2, -0.15) is 0 Å². The first-order chi connectivity index (χ1) is 10.9. The molecule has 2 rings (SSSR count). The van der Waals surface area contributed by atoms with Gasteiger partial charge in [0.2, 0.25) is 5.91 Å². The van der Waals surface area contributed by atoms with Gasteiger partial charge in [0.25, 0.3) is 0 Å². The molecule has 1 aromatic rings. The zero-order valence-electron chi connectivity index (χ0n) is 14.8. The number of hydrogen-bond acceptors (Lipinski definition) is 5. The number of hydrogen-bond donors (Lipinski definition) is 0. The Labute approximate surface area is 143 Å². The van der Waals surface area contributed by atoms with E-state index in [9.17, 15) is 4.79 Å². The second-order valence-corrected chi connectivity index (χ2v) is 8.30. The lowest BCUT2D eigenvalue weighted by Crippen LogP contribution is -2.43. The van der Waals surface area contributed by atoms with Crippen molar-refractivity contribution in [1.82, 2.24) is 15.1 Å². The van der Waals surface area contributed by atoms with Gasteiger partial charge in [-0.15, -0.1) is 22.0 Å². The summed E-state index contributed by atoms with van der Waals surface area (Å²) in [5.41, 5.74) is 0. The van der Waals surface area contributed by atoms with Gasteiger partial charge in [-0.3, -0.25) is 4.79 Å². The predicted molar refractivity (Wildman–Crippen MR) is 95.9 cm³/mol. The van der Waals surface area contributed by atoms with Crippen molar-refractivity contribution < 1.29 is 4.79 Å². The van der Waals surface area contributed by atoms with Gasteiger partial charge in [0, 0.05) is 37.3 Å². The maximum Gasteiger partial charge on any atom is 0.225 e. The first-order valence-corrected chi connectivity index (χ1v) is 9.28. The fourth-order valence-corrected chi connectivity index (χ4v) is 3.40. The van der Waals surface area contributed by atoms with Crippen LogP contribution in [0.4, 0.5) is 5.82 Å². The average Bonchev–Trinajstić information content (AvgIpc) is 2.53. The fraction of sp³-hybridized carbons (Fsp3) is 0.706. The molecule has 2 heterocycles. The van der Waals surface area contributed by atoms with Crippen molar-refractivity contribution in [2.45, 2.75) is 56.9 Å². The molecule has 128 valence electrons. The third-order valence-electron chi connectivity index (χ3n) is 4.27. The van der Waals surface area contributed by atoms with E-state index in [2.05, 4.69) is 42.8 Å². The number of thioether (sulfide) groups is 1. The molecule has 0 aliphatic carbocycles. The minimum Gasteiger partial charge on any atom is -0.355 e. The number of anilines is 1. The Balaban J connectivity index is 1.90. The van der Waals surface area contributed by atoms with Gasteiger partial charge >= 0.3 is 0 Å². The Bertz CT molecular complexity index is 510. The van der Waals surface area contributed by atoms with Crippen molar-refractivity contribution in [3.63, 3.8) is 0 Å². The Morgan fingerprint density at radius 1 is 1.22 bits per heavy atom. The van der Waals surface area contributed by atoms with Gasteiger partial charge in [0.05, 0.1) is 0 Å². The molecule has 6 heteroatoms. The second-order valence-electron chi connectivity index (χ2n) is 6.70. The van der Waals surface area contributed by atoms with Crippen LogP contribution in [0.2, 0.25) is 0 Å². The van der Waals surface area contributed by atoms with Gasteiger partial charge < -0.3 is 9.80 Å². The van der Waals surface area contributed by atoms with Crippen LogP contribution in [0.15, 0.2) is 17.2 Å². The number of aromatic nitrogens is 2. The molecule has 0 spiro atoms. The topological polar surface area (TPSA) is 49.3 Å². The van der Waals surface area contributed by atoms with Crippen molar-refractivity contribution in [2.24, 2.45) is 5.92 Å². The molecule has 1 amide bonds. The van der Waals surface area contributed by atoms with E-state index in [4.69, 9.17) is 0 Å². The molecule has 0 saturated carbocycles. The van der Waals surface area contributed by atoms with E-state index >= 15 is 0 Å². The average molecular weight is 337 g/mol. The summed E-state index contributed by atoms with van der Waals surface area (Å²) in [6.45, 7) is 10.1. The van der Waals surface area contributed by atoms with Crippen molar-refractivity contribution in [2.75, 3.05) is 25.0 Å². The molecular weight excluding hydrogens is 308 g/mol. The number of rotatable bonds is 5. The van der Waals surface area contributed by atoms with Gasteiger partial charge in [-0.25, -0.2) is 0 Å². The van der Waals surface area contributed by atoms with Crippen LogP contribution in [-0.4, -0.2) is 52.4 Å². The summed E-state index contributed by atoms with van der Waals surface area (Å²) in [6, 6.07) is 4.34. The number of amides is 1. The van der Waals surface area contributed by atoms with Crippen molar-refractivity contribution >= 4 is 23.5 Å². The van der Waals surface area contributed by atoms with E-state index in [0.717, 1.165) is 36.8 Å².